The number of hydrogen-bond donors (Lipinski definition) is 0. The van der Waals surface area contributed by atoms with Gasteiger partial charge in [0.05, 0.1) is 5.41 Å². The molecule has 1 aliphatic rings. The molecule has 1 unspecified atom stereocenters. The largest absolute Gasteiger partial charge is 0.293 e. The number of halogens is 1. The van der Waals surface area contributed by atoms with Crippen molar-refractivity contribution in [3.63, 3.8) is 0 Å². The summed E-state index contributed by atoms with van der Waals surface area (Å²) in [5.74, 6) is -0.108. The highest BCUT2D eigenvalue weighted by Gasteiger charge is 2.50. The van der Waals surface area contributed by atoms with Crippen molar-refractivity contribution in [1.82, 2.24) is 0 Å². The Morgan fingerprint density at radius 2 is 1.65 bits per heavy atom. The zero-order chi connectivity index (χ0) is 12.6. The Morgan fingerprint density at radius 3 is 2.18 bits per heavy atom. The van der Waals surface area contributed by atoms with Crippen molar-refractivity contribution in [3.05, 3.63) is 35.4 Å². The summed E-state index contributed by atoms with van der Waals surface area (Å²) in [7, 11) is 0. The molecule has 0 spiro atoms. The van der Waals surface area contributed by atoms with Crippen LogP contribution in [0.1, 0.15) is 47.4 Å². The highest BCUT2D eigenvalue weighted by atomic mass is 35.5. The van der Waals surface area contributed by atoms with E-state index in [0.29, 0.717) is 24.0 Å². The maximum absolute atomic E-state index is 12.5. The first kappa shape index (κ1) is 12.3. The standard InChI is InChI=1S/C14H15ClO2/c1-3-14(4-2)12(15)11(16)9-7-5-6-8-10(9)13(14)17/h5-8,12H,3-4H2,1-2H3. The van der Waals surface area contributed by atoms with Gasteiger partial charge in [0, 0.05) is 11.1 Å². The molecule has 0 bridgehead atoms. The van der Waals surface area contributed by atoms with Crippen molar-refractivity contribution < 1.29 is 9.59 Å². The van der Waals surface area contributed by atoms with E-state index in [1.54, 1.807) is 24.3 Å². The molecular formula is C14H15ClO2. The van der Waals surface area contributed by atoms with Crippen LogP contribution in [0, 0.1) is 5.41 Å². The number of ketones is 2. The molecule has 0 radical (unpaired) electrons. The molecule has 2 rings (SSSR count). The molecule has 0 fully saturated rings. The highest BCUT2D eigenvalue weighted by Crippen LogP contribution is 2.43. The summed E-state index contributed by atoms with van der Waals surface area (Å²) in [5.41, 5.74) is 0.264. The van der Waals surface area contributed by atoms with Crippen LogP contribution in [0.3, 0.4) is 0 Å². The topological polar surface area (TPSA) is 34.1 Å². The maximum Gasteiger partial charge on any atom is 0.182 e. The van der Waals surface area contributed by atoms with Crippen LogP contribution < -0.4 is 0 Å². The van der Waals surface area contributed by atoms with E-state index in [9.17, 15) is 9.59 Å². The summed E-state index contributed by atoms with van der Waals surface area (Å²) in [5, 5.41) is -0.736. The molecule has 1 aromatic carbocycles. The molecule has 17 heavy (non-hydrogen) atoms. The first-order valence-corrected chi connectivity index (χ1v) is 6.34. The number of carbonyl (C=O) groups is 2. The van der Waals surface area contributed by atoms with Gasteiger partial charge < -0.3 is 0 Å². The fourth-order valence-corrected chi connectivity index (χ4v) is 3.12. The van der Waals surface area contributed by atoms with Gasteiger partial charge in [0.2, 0.25) is 0 Å². The van der Waals surface area contributed by atoms with Crippen molar-refractivity contribution in [3.8, 4) is 0 Å². The normalized spacial score (nSPS) is 22.4. The Labute approximate surface area is 106 Å². The lowest BCUT2D eigenvalue weighted by Crippen LogP contribution is -2.47. The lowest BCUT2D eigenvalue weighted by atomic mass is 9.66. The third-order valence-corrected chi connectivity index (χ3v) is 4.48. The van der Waals surface area contributed by atoms with Crippen LogP contribution >= 0.6 is 11.6 Å². The average Bonchev–Trinajstić information content (AvgIpc) is 2.38. The van der Waals surface area contributed by atoms with E-state index in [2.05, 4.69) is 0 Å². The van der Waals surface area contributed by atoms with Crippen molar-refractivity contribution in [1.29, 1.82) is 0 Å². The lowest BCUT2D eigenvalue weighted by molar-refractivity contribution is 0.0680. The molecule has 0 amide bonds. The summed E-state index contributed by atoms with van der Waals surface area (Å²) < 4.78 is 0. The van der Waals surface area contributed by atoms with Crippen molar-refractivity contribution in [2.24, 2.45) is 5.41 Å². The van der Waals surface area contributed by atoms with Gasteiger partial charge in [-0.15, -0.1) is 11.6 Å². The van der Waals surface area contributed by atoms with E-state index >= 15 is 0 Å². The Morgan fingerprint density at radius 1 is 1.12 bits per heavy atom. The van der Waals surface area contributed by atoms with Gasteiger partial charge >= 0.3 is 0 Å². The second-order valence-corrected chi connectivity index (χ2v) is 4.90. The first-order valence-electron chi connectivity index (χ1n) is 5.90. The Bertz CT molecular complexity index is 475. The summed E-state index contributed by atoms with van der Waals surface area (Å²) in [6.45, 7) is 3.83. The van der Waals surface area contributed by atoms with Crippen LogP contribution in [0.25, 0.3) is 0 Å². The molecule has 1 atom stereocenters. The smallest absolute Gasteiger partial charge is 0.182 e. The van der Waals surface area contributed by atoms with Crippen LogP contribution in [0.5, 0.6) is 0 Å². The number of hydrogen-bond acceptors (Lipinski definition) is 2. The minimum Gasteiger partial charge on any atom is -0.293 e. The quantitative estimate of drug-likeness (QED) is 0.753. The van der Waals surface area contributed by atoms with Gasteiger partial charge in [-0.3, -0.25) is 9.59 Å². The Balaban J connectivity index is 2.66. The fourth-order valence-electron chi connectivity index (χ4n) is 2.60. The molecule has 1 aliphatic carbocycles. The van der Waals surface area contributed by atoms with E-state index in [4.69, 9.17) is 11.6 Å². The van der Waals surface area contributed by atoms with Gasteiger partial charge in [0.15, 0.2) is 11.6 Å². The predicted molar refractivity (Wildman–Crippen MR) is 67.8 cm³/mol. The van der Waals surface area contributed by atoms with Crippen LogP contribution in [0.4, 0.5) is 0 Å². The molecule has 0 aliphatic heterocycles. The summed E-state index contributed by atoms with van der Waals surface area (Å²) in [4.78, 5) is 24.7. The van der Waals surface area contributed by atoms with Gasteiger partial charge in [-0.25, -0.2) is 0 Å². The van der Waals surface area contributed by atoms with E-state index in [1.165, 1.54) is 0 Å². The predicted octanol–water partition coefficient (Wildman–Crippen LogP) is 3.48. The molecule has 0 N–H and O–H groups in total. The Kier molecular flexibility index (Phi) is 3.09. The molecule has 1 aromatic rings. The molecule has 2 nitrogen and oxygen atoms in total. The molecule has 0 heterocycles. The van der Waals surface area contributed by atoms with Gasteiger partial charge in [-0.1, -0.05) is 38.1 Å². The molecule has 0 aromatic heterocycles. The monoisotopic (exact) mass is 250 g/mol. The SMILES string of the molecule is CCC1(CC)C(=O)c2ccccc2C(=O)C1Cl. The number of benzene rings is 1. The van der Waals surface area contributed by atoms with Crippen LogP contribution in [-0.2, 0) is 0 Å². The molecule has 90 valence electrons. The first-order chi connectivity index (χ1) is 8.08. The molecule has 0 saturated heterocycles. The highest BCUT2D eigenvalue weighted by molar-refractivity contribution is 6.39. The van der Waals surface area contributed by atoms with Gasteiger partial charge in [0.1, 0.15) is 5.38 Å². The van der Waals surface area contributed by atoms with E-state index < -0.39 is 10.8 Å². The zero-order valence-corrected chi connectivity index (χ0v) is 10.8. The van der Waals surface area contributed by atoms with Crippen molar-refractivity contribution in [2.75, 3.05) is 0 Å². The number of Topliss-reactive ketones (excluding diaryl/α,β-unsaturated/α-hetero) is 2. The van der Waals surface area contributed by atoms with Crippen LogP contribution in [-0.4, -0.2) is 16.9 Å². The molecule has 3 heteroatoms. The minimum atomic E-state index is -0.736. The number of carbonyl (C=O) groups excluding carboxylic acids is 2. The van der Waals surface area contributed by atoms with E-state index in [-0.39, 0.29) is 11.6 Å². The van der Waals surface area contributed by atoms with Gasteiger partial charge in [0.25, 0.3) is 0 Å². The second-order valence-electron chi connectivity index (χ2n) is 4.46. The third-order valence-electron chi connectivity index (χ3n) is 3.87. The second kappa shape index (κ2) is 4.26. The van der Waals surface area contributed by atoms with Gasteiger partial charge in [-0.05, 0) is 12.8 Å². The molecular weight excluding hydrogens is 236 g/mol. The van der Waals surface area contributed by atoms with E-state index in [0.717, 1.165) is 0 Å². The Hall–Kier alpha value is -1.15. The maximum atomic E-state index is 12.5. The number of fused-ring (bicyclic) bond motifs is 1. The number of alkyl halides is 1. The summed E-state index contributed by atoms with van der Waals surface area (Å²) in [6.07, 6.45) is 1.19. The molecule has 0 saturated carbocycles. The van der Waals surface area contributed by atoms with Crippen LogP contribution in [0.15, 0.2) is 24.3 Å². The van der Waals surface area contributed by atoms with Crippen molar-refractivity contribution >= 4 is 23.2 Å². The summed E-state index contributed by atoms with van der Waals surface area (Å²) >= 11 is 6.24. The lowest BCUT2D eigenvalue weighted by Gasteiger charge is -2.38. The fraction of sp³-hybridized carbons (Fsp3) is 0.429. The summed E-state index contributed by atoms with van der Waals surface area (Å²) in [6, 6.07) is 6.95. The van der Waals surface area contributed by atoms with Gasteiger partial charge in [-0.2, -0.15) is 0 Å². The van der Waals surface area contributed by atoms with Crippen LogP contribution in [0.2, 0.25) is 0 Å². The minimum absolute atomic E-state index is 0.0118. The zero-order valence-electron chi connectivity index (χ0n) is 10.00. The van der Waals surface area contributed by atoms with Crippen molar-refractivity contribution in [2.45, 2.75) is 32.1 Å². The third kappa shape index (κ3) is 1.54. The van der Waals surface area contributed by atoms with E-state index in [1.807, 2.05) is 13.8 Å². The average molecular weight is 251 g/mol. The number of rotatable bonds is 2.